The lowest BCUT2D eigenvalue weighted by atomic mass is 10.1. The summed E-state index contributed by atoms with van der Waals surface area (Å²) in [5.41, 5.74) is 2.57. The lowest BCUT2D eigenvalue weighted by Gasteiger charge is -2.15. The van der Waals surface area contributed by atoms with Gasteiger partial charge in [0.2, 0.25) is 11.0 Å². The van der Waals surface area contributed by atoms with Gasteiger partial charge in [-0.25, -0.2) is 0 Å². The molecule has 0 unspecified atom stereocenters. The summed E-state index contributed by atoms with van der Waals surface area (Å²) in [4.78, 5) is 5.77. The topological polar surface area (TPSA) is 59.9 Å². The predicted molar refractivity (Wildman–Crippen MR) is 108 cm³/mol. The third-order valence-electron chi connectivity index (χ3n) is 3.77. The average molecular weight is 383 g/mol. The minimum absolute atomic E-state index is 0.333. The summed E-state index contributed by atoms with van der Waals surface area (Å²) in [6, 6.07) is 12.1. The quantitative estimate of drug-likeness (QED) is 0.630. The second-order valence-electron chi connectivity index (χ2n) is 5.70. The van der Waals surface area contributed by atoms with E-state index >= 15 is 0 Å². The van der Waals surface area contributed by atoms with Gasteiger partial charge in [-0.3, -0.25) is 0 Å². The van der Waals surface area contributed by atoms with E-state index in [9.17, 15) is 0 Å². The molecule has 0 aliphatic carbocycles. The number of fused-ring (bicyclic) bond motifs is 3. The number of nitrogens with zero attached hydrogens (tertiary/aromatic N) is 3. The predicted octanol–water partition coefficient (Wildman–Crippen LogP) is 4.95. The summed E-state index contributed by atoms with van der Waals surface area (Å²) >= 11 is 3.28. The molecule has 26 heavy (non-hydrogen) atoms. The number of anilines is 1. The van der Waals surface area contributed by atoms with Crippen molar-refractivity contribution in [2.24, 2.45) is 0 Å². The Kier molecular flexibility index (Phi) is 5.17. The van der Waals surface area contributed by atoms with Gasteiger partial charge >= 0.3 is 0 Å². The van der Waals surface area contributed by atoms with E-state index in [2.05, 4.69) is 44.9 Å². The maximum atomic E-state index is 6.14. The molecule has 5 nitrogen and oxygen atoms in total. The third-order valence-corrected chi connectivity index (χ3v) is 5.65. The average Bonchev–Trinajstić information content (AvgIpc) is 3.13. The largest absolute Gasteiger partial charge is 0.448 e. The molecule has 0 bridgehead atoms. The Morgan fingerprint density at radius 2 is 2.15 bits per heavy atom. The Bertz CT molecular complexity index is 912. The van der Waals surface area contributed by atoms with Crippen molar-refractivity contribution < 1.29 is 4.74 Å². The first-order valence-electron chi connectivity index (χ1n) is 8.45. The number of ether oxygens (including phenoxy) is 1. The van der Waals surface area contributed by atoms with Crippen molar-refractivity contribution in [3.63, 3.8) is 0 Å². The van der Waals surface area contributed by atoms with Gasteiger partial charge in [-0.2, -0.15) is 4.98 Å². The van der Waals surface area contributed by atoms with E-state index in [-0.39, 0.29) is 6.23 Å². The Morgan fingerprint density at radius 3 is 3.00 bits per heavy atom. The summed E-state index contributed by atoms with van der Waals surface area (Å²) in [5, 5.41) is 14.8. The van der Waals surface area contributed by atoms with Gasteiger partial charge in [0.1, 0.15) is 0 Å². The first-order valence-corrected chi connectivity index (χ1v) is 10.3. The van der Waals surface area contributed by atoms with Gasteiger partial charge in [0.05, 0.1) is 0 Å². The zero-order valence-corrected chi connectivity index (χ0v) is 15.9. The molecule has 2 aromatic heterocycles. The van der Waals surface area contributed by atoms with Crippen molar-refractivity contribution in [3.05, 3.63) is 52.7 Å². The van der Waals surface area contributed by atoms with Crippen LogP contribution in [0.1, 0.15) is 18.2 Å². The molecule has 0 amide bonds. The van der Waals surface area contributed by atoms with E-state index in [1.165, 1.54) is 4.88 Å². The number of hydrogen-bond donors (Lipinski definition) is 1. The Morgan fingerprint density at radius 1 is 1.23 bits per heavy atom. The fourth-order valence-corrected chi connectivity index (χ4v) is 3.84. The van der Waals surface area contributed by atoms with Gasteiger partial charge in [0.25, 0.3) is 0 Å². The highest BCUT2D eigenvalue weighted by atomic mass is 32.2. The summed E-state index contributed by atoms with van der Waals surface area (Å²) < 4.78 is 6.14. The summed E-state index contributed by atoms with van der Waals surface area (Å²) in [7, 11) is 0. The van der Waals surface area contributed by atoms with Crippen molar-refractivity contribution in [3.8, 4) is 17.1 Å². The van der Waals surface area contributed by atoms with Crippen molar-refractivity contribution in [2.75, 3.05) is 11.1 Å². The molecule has 3 aromatic rings. The molecule has 1 aliphatic rings. The van der Waals surface area contributed by atoms with Gasteiger partial charge in [-0.15, -0.1) is 21.5 Å². The number of thioether (sulfide) groups is 1. The van der Waals surface area contributed by atoms with Gasteiger partial charge < -0.3 is 10.1 Å². The molecule has 132 valence electrons. The standard InChI is InChI=1S/C19H18N4OS2/c1-2-11-26-19-21-18-17(22-23-19)14-7-3-4-8-15(14)20-16(24-18)10-9-13-6-5-12-25-13/h3-10,12,16,20H,2,11H2,1H3/b10-9+/t16-/m1/s1. The molecule has 1 N–H and O–H groups in total. The number of thiophene rings is 1. The van der Waals surface area contributed by atoms with Crippen LogP contribution < -0.4 is 10.1 Å². The fourth-order valence-electron chi connectivity index (χ4n) is 2.58. The van der Waals surface area contributed by atoms with Crippen LogP contribution in [0.5, 0.6) is 5.88 Å². The maximum Gasteiger partial charge on any atom is 0.247 e. The highest BCUT2D eigenvalue weighted by Gasteiger charge is 2.23. The van der Waals surface area contributed by atoms with Crippen LogP contribution in [0.25, 0.3) is 17.3 Å². The van der Waals surface area contributed by atoms with E-state index in [0.717, 1.165) is 23.4 Å². The Labute approximate surface area is 160 Å². The van der Waals surface area contributed by atoms with Gasteiger partial charge in [0, 0.05) is 21.9 Å². The van der Waals surface area contributed by atoms with Crippen LogP contribution >= 0.6 is 23.1 Å². The smallest absolute Gasteiger partial charge is 0.247 e. The van der Waals surface area contributed by atoms with Crippen LogP contribution in [0.4, 0.5) is 5.69 Å². The summed E-state index contributed by atoms with van der Waals surface area (Å²) in [6.07, 6.45) is 4.78. The Balaban J connectivity index is 1.70. The van der Waals surface area contributed by atoms with E-state index < -0.39 is 0 Å². The third kappa shape index (κ3) is 3.73. The second-order valence-corrected chi connectivity index (χ2v) is 7.74. The summed E-state index contributed by atoms with van der Waals surface area (Å²) in [6.45, 7) is 2.13. The molecule has 1 atom stereocenters. The van der Waals surface area contributed by atoms with E-state index in [4.69, 9.17) is 4.74 Å². The second kappa shape index (κ2) is 7.88. The zero-order chi connectivity index (χ0) is 17.8. The monoisotopic (exact) mass is 382 g/mol. The number of rotatable bonds is 5. The fraction of sp³-hybridized carbons (Fsp3) is 0.211. The molecule has 3 heterocycles. The van der Waals surface area contributed by atoms with Gasteiger partial charge in [-0.05, 0) is 36.1 Å². The molecular formula is C19H18N4OS2. The summed E-state index contributed by atoms with van der Waals surface area (Å²) in [5.74, 6) is 1.47. The molecule has 0 spiro atoms. The molecule has 0 saturated heterocycles. The number of para-hydroxylation sites is 1. The van der Waals surface area contributed by atoms with Gasteiger partial charge in [-0.1, -0.05) is 43.0 Å². The van der Waals surface area contributed by atoms with Crippen LogP contribution in [0.15, 0.2) is 53.0 Å². The van der Waals surface area contributed by atoms with Crippen molar-refractivity contribution >= 4 is 34.9 Å². The number of benzene rings is 1. The van der Waals surface area contributed by atoms with E-state index in [1.807, 2.05) is 36.4 Å². The zero-order valence-electron chi connectivity index (χ0n) is 14.3. The molecule has 0 radical (unpaired) electrons. The van der Waals surface area contributed by atoms with Crippen molar-refractivity contribution in [1.29, 1.82) is 0 Å². The first-order chi connectivity index (χ1) is 12.8. The number of hydrogen-bond acceptors (Lipinski definition) is 7. The van der Waals surface area contributed by atoms with Crippen molar-refractivity contribution in [1.82, 2.24) is 15.2 Å². The Hall–Kier alpha value is -2.38. The molecule has 0 fully saturated rings. The molecule has 4 rings (SSSR count). The number of aromatic nitrogens is 3. The molecular weight excluding hydrogens is 364 g/mol. The molecule has 0 saturated carbocycles. The lowest BCUT2D eigenvalue weighted by molar-refractivity contribution is 0.266. The molecule has 1 aliphatic heterocycles. The van der Waals surface area contributed by atoms with E-state index in [0.29, 0.717) is 16.7 Å². The first kappa shape index (κ1) is 17.1. The SMILES string of the molecule is CCCSc1nnc2c(n1)O[C@H](/C=C/c1cccs1)Nc1ccccc1-2. The van der Waals surface area contributed by atoms with E-state index in [1.54, 1.807) is 23.1 Å². The lowest BCUT2D eigenvalue weighted by Crippen LogP contribution is -2.23. The van der Waals surface area contributed by atoms with Crippen LogP contribution in [-0.2, 0) is 0 Å². The number of nitrogens with one attached hydrogen (secondary N) is 1. The van der Waals surface area contributed by atoms with Crippen LogP contribution in [0.2, 0.25) is 0 Å². The van der Waals surface area contributed by atoms with Crippen LogP contribution in [0.3, 0.4) is 0 Å². The molecule has 1 aromatic carbocycles. The van der Waals surface area contributed by atoms with Gasteiger partial charge in [0.15, 0.2) is 11.9 Å². The highest BCUT2D eigenvalue weighted by Crippen LogP contribution is 2.36. The minimum atomic E-state index is -0.333. The molecule has 7 heteroatoms. The van der Waals surface area contributed by atoms with Crippen LogP contribution in [0, 0.1) is 0 Å². The minimum Gasteiger partial charge on any atom is -0.448 e. The van der Waals surface area contributed by atoms with Crippen LogP contribution in [-0.4, -0.2) is 27.2 Å². The van der Waals surface area contributed by atoms with Crippen molar-refractivity contribution in [2.45, 2.75) is 24.7 Å². The normalized spacial score (nSPS) is 15.7. The highest BCUT2D eigenvalue weighted by molar-refractivity contribution is 7.99. The maximum absolute atomic E-state index is 6.14.